The Morgan fingerprint density at radius 3 is 2.29 bits per heavy atom. The minimum atomic E-state index is -4.64. The standard InChI is InChI=1S/C10H20O2.H3O4P/c1-3-5-6-9(4-2)10-7-8-11-12-10;1-5(2,3)4/h9-10H,3-8H2,1-2H3;(H3,1,2,3,4). The lowest BCUT2D eigenvalue weighted by atomic mass is 9.92. The second kappa shape index (κ2) is 9.03. The van der Waals surface area contributed by atoms with E-state index in [1.54, 1.807) is 0 Å². The van der Waals surface area contributed by atoms with Gasteiger partial charge in [0.15, 0.2) is 0 Å². The molecule has 0 aromatic rings. The number of hydrogen-bond acceptors (Lipinski definition) is 3. The molecule has 0 aromatic heterocycles. The topological polar surface area (TPSA) is 96.2 Å². The average Bonchev–Trinajstić information content (AvgIpc) is 2.70. The van der Waals surface area contributed by atoms with Crippen LogP contribution in [0.25, 0.3) is 0 Å². The molecule has 0 amide bonds. The molecular weight excluding hydrogens is 247 g/mol. The molecule has 0 bridgehead atoms. The van der Waals surface area contributed by atoms with Gasteiger partial charge in [-0.25, -0.2) is 14.3 Å². The summed E-state index contributed by atoms with van der Waals surface area (Å²) in [5.74, 6) is 0.715. The summed E-state index contributed by atoms with van der Waals surface area (Å²) in [6.45, 7) is 5.26. The van der Waals surface area contributed by atoms with Crippen LogP contribution in [0.4, 0.5) is 0 Å². The van der Waals surface area contributed by atoms with Gasteiger partial charge in [-0.3, -0.25) is 0 Å². The zero-order valence-electron chi connectivity index (χ0n) is 10.4. The molecule has 0 radical (unpaired) electrons. The van der Waals surface area contributed by atoms with Crippen molar-refractivity contribution in [3.05, 3.63) is 0 Å². The highest BCUT2D eigenvalue weighted by molar-refractivity contribution is 7.45. The zero-order chi connectivity index (χ0) is 13.3. The zero-order valence-corrected chi connectivity index (χ0v) is 11.3. The molecule has 6 nitrogen and oxygen atoms in total. The summed E-state index contributed by atoms with van der Waals surface area (Å²) in [6, 6.07) is 0. The van der Waals surface area contributed by atoms with Crippen LogP contribution < -0.4 is 0 Å². The highest BCUT2D eigenvalue weighted by atomic mass is 31.2. The van der Waals surface area contributed by atoms with Crippen molar-refractivity contribution < 1.29 is 29.0 Å². The SMILES string of the molecule is CCCCC(CC)C1CCOO1.O=P(O)(O)O. The fourth-order valence-electron chi connectivity index (χ4n) is 1.78. The van der Waals surface area contributed by atoms with Gasteiger partial charge in [-0.15, -0.1) is 0 Å². The summed E-state index contributed by atoms with van der Waals surface area (Å²) >= 11 is 0. The fourth-order valence-corrected chi connectivity index (χ4v) is 1.78. The molecule has 7 heteroatoms. The molecule has 2 atom stereocenters. The third kappa shape index (κ3) is 10.9. The van der Waals surface area contributed by atoms with E-state index in [1.165, 1.54) is 25.7 Å². The van der Waals surface area contributed by atoms with Crippen molar-refractivity contribution in [1.82, 2.24) is 0 Å². The minimum Gasteiger partial charge on any atom is -0.303 e. The summed E-state index contributed by atoms with van der Waals surface area (Å²) in [7, 11) is -4.64. The molecule has 104 valence electrons. The first-order chi connectivity index (χ1) is 7.88. The monoisotopic (exact) mass is 270 g/mol. The molecule has 0 saturated carbocycles. The van der Waals surface area contributed by atoms with Crippen LogP contribution in [-0.2, 0) is 14.3 Å². The molecule has 1 fully saturated rings. The predicted octanol–water partition coefficient (Wildman–Crippen LogP) is 1.99. The fraction of sp³-hybridized carbons (Fsp3) is 1.00. The Labute approximate surface area is 102 Å². The van der Waals surface area contributed by atoms with Crippen molar-refractivity contribution in [2.75, 3.05) is 6.61 Å². The lowest BCUT2D eigenvalue weighted by Crippen LogP contribution is -2.18. The molecule has 2 unspecified atom stereocenters. The first-order valence-corrected chi connectivity index (χ1v) is 7.51. The molecule has 1 heterocycles. The smallest absolute Gasteiger partial charge is 0.303 e. The normalized spacial score (nSPS) is 21.8. The van der Waals surface area contributed by atoms with Gasteiger partial charge < -0.3 is 14.7 Å². The van der Waals surface area contributed by atoms with E-state index in [0.29, 0.717) is 12.0 Å². The number of hydrogen-bond donors (Lipinski definition) is 3. The Bertz CT molecular complexity index is 215. The maximum Gasteiger partial charge on any atom is 0.466 e. The molecule has 3 N–H and O–H groups in total. The summed E-state index contributed by atoms with van der Waals surface area (Å²) in [5.41, 5.74) is 0. The van der Waals surface area contributed by atoms with Crippen LogP contribution in [0.3, 0.4) is 0 Å². The Morgan fingerprint density at radius 1 is 1.35 bits per heavy atom. The van der Waals surface area contributed by atoms with E-state index in [0.717, 1.165) is 13.0 Å². The maximum absolute atomic E-state index is 8.88. The van der Waals surface area contributed by atoms with Crippen LogP contribution in [-0.4, -0.2) is 27.4 Å². The molecule has 1 saturated heterocycles. The number of unbranched alkanes of at least 4 members (excludes halogenated alkanes) is 1. The third-order valence-corrected chi connectivity index (χ3v) is 2.66. The molecule has 1 rings (SSSR count). The van der Waals surface area contributed by atoms with Gasteiger partial charge in [-0.1, -0.05) is 33.1 Å². The molecule has 1 aliphatic heterocycles. The second-order valence-electron chi connectivity index (χ2n) is 4.07. The second-order valence-corrected chi connectivity index (χ2v) is 5.10. The van der Waals surface area contributed by atoms with E-state index in [4.69, 9.17) is 29.0 Å². The summed E-state index contributed by atoms with van der Waals surface area (Å²) in [4.78, 5) is 31.7. The highest BCUT2D eigenvalue weighted by Gasteiger charge is 2.25. The largest absolute Gasteiger partial charge is 0.466 e. The summed E-state index contributed by atoms with van der Waals surface area (Å²) in [5, 5.41) is 0. The first kappa shape index (κ1) is 17.0. The quantitative estimate of drug-likeness (QED) is 0.522. The van der Waals surface area contributed by atoms with E-state index in [-0.39, 0.29) is 0 Å². The van der Waals surface area contributed by atoms with Crippen molar-refractivity contribution >= 4 is 7.82 Å². The lowest BCUT2D eigenvalue weighted by molar-refractivity contribution is -0.283. The van der Waals surface area contributed by atoms with Crippen molar-refractivity contribution in [2.24, 2.45) is 5.92 Å². The lowest BCUT2D eigenvalue weighted by Gasteiger charge is -2.18. The Hall–Kier alpha value is 0.0300. The van der Waals surface area contributed by atoms with Crippen molar-refractivity contribution in [2.45, 2.75) is 52.1 Å². The first-order valence-electron chi connectivity index (χ1n) is 5.95. The Morgan fingerprint density at radius 2 is 1.94 bits per heavy atom. The Kier molecular flexibility index (Phi) is 9.04. The summed E-state index contributed by atoms with van der Waals surface area (Å²) < 4.78 is 8.88. The van der Waals surface area contributed by atoms with Crippen molar-refractivity contribution in [3.63, 3.8) is 0 Å². The van der Waals surface area contributed by atoms with Gasteiger partial charge in [0, 0.05) is 6.42 Å². The van der Waals surface area contributed by atoms with Crippen LogP contribution in [0.15, 0.2) is 0 Å². The third-order valence-electron chi connectivity index (χ3n) is 2.66. The van der Waals surface area contributed by atoms with Gasteiger partial charge in [0.25, 0.3) is 0 Å². The van der Waals surface area contributed by atoms with E-state index in [1.807, 2.05) is 0 Å². The van der Waals surface area contributed by atoms with Gasteiger partial charge in [0.1, 0.15) is 0 Å². The average molecular weight is 270 g/mol. The van der Waals surface area contributed by atoms with E-state index < -0.39 is 7.82 Å². The number of rotatable bonds is 5. The van der Waals surface area contributed by atoms with E-state index in [2.05, 4.69) is 13.8 Å². The molecule has 17 heavy (non-hydrogen) atoms. The number of phosphoric acid groups is 1. The van der Waals surface area contributed by atoms with Crippen molar-refractivity contribution in [3.8, 4) is 0 Å². The summed E-state index contributed by atoms with van der Waals surface area (Å²) in [6.07, 6.45) is 6.57. The molecular formula is C10H23O6P. The van der Waals surface area contributed by atoms with Crippen LogP contribution in [0.5, 0.6) is 0 Å². The van der Waals surface area contributed by atoms with Crippen LogP contribution in [0.1, 0.15) is 46.0 Å². The molecule has 0 aromatic carbocycles. The van der Waals surface area contributed by atoms with Crippen LogP contribution >= 0.6 is 7.82 Å². The predicted molar refractivity (Wildman–Crippen MR) is 63.0 cm³/mol. The van der Waals surface area contributed by atoms with Crippen molar-refractivity contribution in [1.29, 1.82) is 0 Å². The van der Waals surface area contributed by atoms with Crippen LogP contribution in [0, 0.1) is 5.92 Å². The highest BCUT2D eigenvalue weighted by Crippen LogP contribution is 2.26. The minimum absolute atomic E-state index is 0.376. The van der Waals surface area contributed by atoms with E-state index >= 15 is 0 Å². The van der Waals surface area contributed by atoms with Gasteiger partial charge in [0.05, 0.1) is 12.7 Å². The Balaban J connectivity index is 0.000000437. The van der Waals surface area contributed by atoms with Gasteiger partial charge in [-0.2, -0.15) is 0 Å². The molecule has 0 aliphatic carbocycles. The van der Waals surface area contributed by atoms with Crippen LogP contribution in [0.2, 0.25) is 0 Å². The molecule has 0 spiro atoms. The van der Waals surface area contributed by atoms with Gasteiger partial charge in [-0.05, 0) is 12.3 Å². The van der Waals surface area contributed by atoms with Gasteiger partial charge >= 0.3 is 7.82 Å². The molecule has 1 aliphatic rings. The maximum atomic E-state index is 8.88. The van der Waals surface area contributed by atoms with Gasteiger partial charge in [0.2, 0.25) is 0 Å². The van der Waals surface area contributed by atoms with E-state index in [9.17, 15) is 0 Å².